The lowest BCUT2D eigenvalue weighted by atomic mass is 10.2. The predicted molar refractivity (Wildman–Crippen MR) is 89.0 cm³/mol. The van der Waals surface area contributed by atoms with E-state index in [0.29, 0.717) is 24.1 Å². The molecular formula is C18H16F3N3O2. The van der Waals surface area contributed by atoms with E-state index in [1.54, 1.807) is 0 Å². The zero-order valence-electron chi connectivity index (χ0n) is 13.7. The van der Waals surface area contributed by atoms with Crippen LogP contribution < -0.4 is 10.1 Å². The van der Waals surface area contributed by atoms with E-state index < -0.39 is 17.5 Å². The quantitative estimate of drug-likeness (QED) is 0.775. The molecule has 1 aliphatic rings. The van der Waals surface area contributed by atoms with Gasteiger partial charge in [0, 0.05) is 19.2 Å². The third-order valence-electron chi connectivity index (χ3n) is 4.16. The van der Waals surface area contributed by atoms with E-state index in [1.165, 1.54) is 28.9 Å². The Kier molecular flexibility index (Phi) is 4.52. The third kappa shape index (κ3) is 3.25. The first-order valence-corrected chi connectivity index (χ1v) is 8.20. The van der Waals surface area contributed by atoms with Gasteiger partial charge in [0.25, 0.3) is 0 Å². The molecule has 136 valence electrons. The number of morpholine rings is 1. The second-order valence-electron chi connectivity index (χ2n) is 5.98. The van der Waals surface area contributed by atoms with Crippen LogP contribution >= 0.6 is 0 Å². The zero-order chi connectivity index (χ0) is 18.1. The second kappa shape index (κ2) is 6.97. The Labute approximate surface area is 147 Å². The van der Waals surface area contributed by atoms with Crippen LogP contribution in [0.25, 0.3) is 16.6 Å². The van der Waals surface area contributed by atoms with Gasteiger partial charge in [-0.15, -0.1) is 5.10 Å². The molecule has 0 amide bonds. The number of nitrogens with zero attached hydrogens (tertiary/aromatic N) is 2. The number of rotatable bonds is 4. The molecule has 0 aliphatic carbocycles. The SMILES string of the molecule is Fc1ccc(-n2nc(OC[C@@H]3CNCCO3)c3cc(F)ccc32)c(F)c1. The van der Waals surface area contributed by atoms with E-state index in [4.69, 9.17) is 9.47 Å². The van der Waals surface area contributed by atoms with Gasteiger partial charge < -0.3 is 14.8 Å². The fourth-order valence-corrected chi connectivity index (χ4v) is 2.90. The molecule has 4 rings (SSSR count). The lowest BCUT2D eigenvalue weighted by Crippen LogP contribution is -2.41. The Hall–Kier alpha value is -2.58. The van der Waals surface area contributed by atoms with Gasteiger partial charge in [-0.1, -0.05) is 0 Å². The van der Waals surface area contributed by atoms with E-state index in [0.717, 1.165) is 18.7 Å². The van der Waals surface area contributed by atoms with Gasteiger partial charge >= 0.3 is 0 Å². The van der Waals surface area contributed by atoms with Crippen LogP contribution in [-0.4, -0.2) is 42.2 Å². The highest BCUT2D eigenvalue weighted by Gasteiger charge is 2.19. The summed E-state index contributed by atoms with van der Waals surface area (Å²) in [5, 5.41) is 7.85. The predicted octanol–water partition coefficient (Wildman–Crippen LogP) is 2.81. The maximum atomic E-state index is 14.2. The Bertz CT molecular complexity index is 939. The van der Waals surface area contributed by atoms with Crippen LogP contribution in [0.5, 0.6) is 5.88 Å². The Morgan fingerprint density at radius 3 is 2.73 bits per heavy atom. The molecule has 0 spiro atoms. The minimum absolute atomic E-state index is 0.0495. The van der Waals surface area contributed by atoms with E-state index in [2.05, 4.69) is 10.4 Å². The van der Waals surface area contributed by atoms with E-state index in [-0.39, 0.29) is 24.3 Å². The first kappa shape index (κ1) is 16.9. The van der Waals surface area contributed by atoms with Gasteiger partial charge in [-0.2, -0.15) is 0 Å². The highest BCUT2D eigenvalue weighted by molar-refractivity contribution is 5.86. The number of hydrogen-bond acceptors (Lipinski definition) is 4. The largest absolute Gasteiger partial charge is 0.473 e. The summed E-state index contributed by atoms with van der Waals surface area (Å²) < 4.78 is 53.6. The van der Waals surface area contributed by atoms with Crippen molar-refractivity contribution in [1.82, 2.24) is 15.1 Å². The minimum Gasteiger partial charge on any atom is -0.473 e. The lowest BCUT2D eigenvalue weighted by Gasteiger charge is -2.23. The first-order chi connectivity index (χ1) is 12.6. The highest BCUT2D eigenvalue weighted by Crippen LogP contribution is 2.29. The number of nitrogens with one attached hydrogen (secondary N) is 1. The molecule has 1 atom stereocenters. The number of fused-ring (bicyclic) bond motifs is 1. The molecule has 1 N–H and O–H groups in total. The fourth-order valence-electron chi connectivity index (χ4n) is 2.90. The van der Waals surface area contributed by atoms with E-state index >= 15 is 0 Å². The molecule has 1 aliphatic heterocycles. The van der Waals surface area contributed by atoms with Crippen LogP contribution in [0.3, 0.4) is 0 Å². The summed E-state index contributed by atoms with van der Waals surface area (Å²) in [7, 11) is 0. The zero-order valence-corrected chi connectivity index (χ0v) is 13.7. The van der Waals surface area contributed by atoms with Crippen LogP contribution in [0.4, 0.5) is 13.2 Å². The summed E-state index contributed by atoms with van der Waals surface area (Å²) in [4.78, 5) is 0. The highest BCUT2D eigenvalue weighted by atomic mass is 19.1. The normalized spacial score (nSPS) is 17.6. The fraction of sp³-hybridized carbons (Fsp3) is 0.278. The molecule has 1 fully saturated rings. The van der Waals surface area contributed by atoms with Crippen LogP contribution in [0, 0.1) is 17.5 Å². The van der Waals surface area contributed by atoms with Crippen molar-refractivity contribution in [3.63, 3.8) is 0 Å². The van der Waals surface area contributed by atoms with Crippen molar-refractivity contribution in [2.24, 2.45) is 0 Å². The summed E-state index contributed by atoms with van der Waals surface area (Å²) in [5.74, 6) is -1.76. The first-order valence-electron chi connectivity index (χ1n) is 8.20. The van der Waals surface area contributed by atoms with Gasteiger partial charge in [-0.3, -0.25) is 0 Å². The molecule has 26 heavy (non-hydrogen) atoms. The summed E-state index contributed by atoms with van der Waals surface area (Å²) >= 11 is 0. The minimum atomic E-state index is -0.773. The smallest absolute Gasteiger partial charge is 0.241 e. The molecule has 2 heterocycles. The van der Waals surface area contributed by atoms with Crippen molar-refractivity contribution < 1.29 is 22.6 Å². The number of halogens is 3. The van der Waals surface area contributed by atoms with Crippen LogP contribution in [0.1, 0.15) is 0 Å². The lowest BCUT2D eigenvalue weighted by molar-refractivity contribution is -0.000509. The van der Waals surface area contributed by atoms with E-state index in [9.17, 15) is 13.2 Å². The Morgan fingerprint density at radius 2 is 1.96 bits per heavy atom. The van der Waals surface area contributed by atoms with Crippen molar-refractivity contribution in [2.75, 3.05) is 26.3 Å². The molecule has 8 heteroatoms. The van der Waals surface area contributed by atoms with Crippen molar-refractivity contribution in [3.05, 3.63) is 53.8 Å². The molecule has 0 unspecified atom stereocenters. The maximum Gasteiger partial charge on any atom is 0.241 e. The molecule has 0 bridgehead atoms. The van der Waals surface area contributed by atoms with Gasteiger partial charge in [0.05, 0.1) is 17.5 Å². The molecule has 3 aromatic rings. The average Bonchev–Trinajstić information content (AvgIpc) is 2.98. The number of benzene rings is 2. The van der Waals surface area contributed by atoms with Gasteiger partial charge in [0.2, 0.25) is 5.88 Å². The molecule has 0 radical (unpaired) electrons. The summed E-state index contributed by atoms with van der Waals surface area (Å²) in [6, 6.07) is 7.19. The topological polar surface area (TPSA) is 48.3 Å². The number of ether oxygens (including phenoxy) is 2. The van der Waals surface area contributed by atoms with Crippen molar-refractivity contribution in [3.8, 4) is 11.6 Å². The van der Waals surface area contributed by atoms with Gasteiger partial charge in [-0.25, -0.2) is 17.9 Å². The van der Waals surface area contributed by atoms with Crippen LogP contribution in [0.15, 0.2) is 36.4 Å². The second-order valence-corrected chi connectivity index (χ2v) is 5.98. The van der Waals surface area contributed by atoms with Gasteiger partial charge in [0.1, 0.15) is 30.0 Å². The van der Waals surface area contributed by atoms with Crippen LogP contribution in [-0.2, 0) is 4.74 Å². The Balaban J connectivity index is 1.72. The summed E-state index contributed by atoms with van der Waals surface area (Å²) in [6.45, 7) is 2.23. The average molecular weight is 363 g/mol. The maximum absolute atomic E-state index is 14.2. The Morgan fingerprint density at radius 1 is 1.15 bits per heavy atom. The van der Waals surface area contributed by atoms with Gasteiger partial charge in [0.15, 0.2) is 5.82 Å². The number of aromatic nitrogens is 2. The monoisotopic (exact) mass is 363 g/mol. The molecule has 1 aromatic heterocycles. The molecular weight excluding hydrogens is 347 g/mol. The van der Waals surface area contributed by atoms with Crippen molar-refractivity contribution >= 4 is 10.9 Å². The van der Waals surface area contributed by atoms with Crippen LogP contribution in [0.2, 0.25) is 0 Å². The summed E-state index contributed by atoms with van der Waals surface area (Å²) in [6.07, 6.45) is -0.153. The number of hydrogen-bond donors (Lipinski definition) is 1. The molecule has 2 aromatic carbocycles. The van der Waals surface area contributed by atoms with Crippen molar-refractivity contribution in [1.29, 1.82) is 0 Å². The molecule has 5 nitrogen and oxygen atoms in total. The third-order valence-corrected chi connectivity index (χ3v) is 4.16. The molecule has 1 saturated heterocycles. The summed E-state index contributed by atoms with van der Waals surface area (Å²) in [5.41, 5.74) is 0.503. The standard InChI is InChI=1S/C18H16F3N3O2/c19-11-1-3-16-14(7-11)18(26-10-13-9-22-5-6-25-13)23-24(16)17-4-2-12(20)8-15(17)21/h1-4,7-8,13,22H,5-6,9-10H2/t13-/m0/s1. The van der Waals surface area contributed by atoms with Crippen molar-refractivity contribution in [2.45, 2.75) is 6.10 Å². The van der Waals surface area contributed by atoms with E-state index in [1.807, 2.05) is 0 Å². The van der Waals surface area contributed by atoms with Gasteiger partial charge in [-0.05, 0) is 30.3 Å². The molecule has 0 saturated carbocycles.